The van der Waals surface area contributed by atoms with Crippen molar-refractivity contribution in [2.75, 3.05) is 5.73 Å². The Hall–Kier alpha value is -5.45. The summed E-state index contributed by atoms with van der Waals surface area (Å²) in [7, 11) is 0. The first kappa shape index (κ1) is 26.4. The molecule has 1 atom stereocenters. The highest BCUT2D eigenvalue weighted by Gasteiger charge is 2.28. The normalized spacial score (nSPS) is 12.6. The minimum atomic E-state index is -0.757. The highest BCUT2D eigenvalue weighted by molar-refractivity contribution is 6.00. The lowest BCUT2D eigenvalue weighted by molar-refractivity contribution is 0.445. The van der Waals surface area contributed by atoms with Gasteiger partial charge in [0, 0.05) is 10.9 Å². The molecule has 4 heterocycles. The molecule has 7 rings (SSSR count). The molecular formula is C32H25F2N7O2. The molecule has 0 aliphatic heterocycles. The van der Waals surface area contributed by atoms with Gasteiger partial charge in [0.25, 0.3) is 0 Å². The van der Waals surface area contributed by atoms with E-state index in [0.717, 1.165) is 22.2 Å². The Labute approximate surface area is 243 Å². The molecule has 0 saturated carbocycles. The Balaban J connectivity index is 1.48. The topological polar surface area (TPSA) is 129 Å². The van der Waals surface area contributed by atoms with Gasteiger partial charge in [-0.1, -0.05) is 44.2 Å². The Morgan fingerprint density at radius 2 is 1.77 bits per heavy atom. The quantitative estimate of drug-likeness (QED) is 0.232. The minimum Gasteiger partial charge on any atom is -0.458 e. The third-order valence-corrected chi connectivity index (χ3v) is 7.69. The standard InChI is InChI=1S/C32H25F2N7O2/c1-15(2)27-20-11-10-18(13-22(20)38-39-27)28-26-31(35)36-14-37-32(26)41(40-28)16(3)30-24(17-6-4-7-19(33)12-17)29(42)25-21(34)8-5-9-23(25)43-30/h4-16H,1-3H3,(H,38,39)(H2,35,36,37). The second kappa shape index (κ2) is 9.83. The van der Waals surface area contributed by atoms with Crippen molar-refractivity contribution in [2.24, 2.45) is 0 Å². The van der Waals surface area contributed by atoms with Gasteiger partial charge in [0.05, 0.1) is 22.2 Å². The number of nitrogens with zero attached hydrogens (tertiary/aromatic N) is 5. The number of benzene rings is 3. The first-order valence-corrected chi connectivity index (χ1v) is 13.7. The van der Waals surface area contributed by atoms with Crippen molar-refractivity contribution in [3.05, 3.63) is 100 Å². The number of fused-ring (bicyclic) bond motifs is 3. The van der Waals surface area contributed by atoms with Crippen molar-refractivity contribution in [1.82, 2.24) is 29.9 Å². The molecule has 0 aliphatic carbocycles. The molecule has 0 saturated heterocycles. The molecule has 214 valence electrons. The molecule has 43 heavy (non-hydrogen) atoms. The van der Waals surface area contributed by atoms with Gasteiger partial charge in [-0.05, 0) is 48.7 Å². The average molecular weight is 578 g/mol. The fraction of sp³-hybridized carbons (Fsp3) is 0.156. The maximum atomic E-state index is 14.9. The summed E-state index contributed by atoms with van der Waals surface area (Å²) in [6.45, 7) is 5.93. The second-order valence-electron chi connectivity index (χ2n) is 10.7. The van der Waals surface area contributed by atoms with E-state index in [-0.39, 0.29) is 39.6 Å². The highest BCUT2D eigenvalue weighted by Crippen LogP contribution is 2.37. The molecule has 3 aromatic carbocycles. The van der Waals surface area contributed by atoms with E-state index < -0.39 is 23.1 Å². The van der Waals surface area contributed by atoms with Crippen molar-refractivity contribution < 1.29 is 13.2 Å². The fourth-order valence-electron chi connectivity index (χ4n) is 5.63. The minimum absolute atomic E-state index is 0.0249. The van der Waals surface area contributed by atoms with Crippen LogP contribution in [0.3, 0.4) is 0 Å². The number of aromatic amines is 1. The Kier molecular flexibility index (Phi) is 6.05. The van der Waals surface area contributed by atoms with E-state index in [1.165, 1.54) is 42.7 Å². The van der Waals surface area contributed by atoms with Crippen LogP contribution in [0, 0.1) is 11.6 Å². The molecule has 0 bridgehead atoms. The number of anilines is 1. The number of hydrogen-bond acceptors (Lipinski definition) is 7. The third kappa shape index (κ3) is 4.15. The van der Waals surface area contributed by atoms with Crippen LogP contribution in [0.5, 0.6) is 0 Å². The van der Waals surface area contributed by atoms with Crippen LogP contribution in [0.4, 0.5) is 14.6 Å². The van der Waals surface area contributed by atoms with Crippen LogP contribution in [0.2, 0.25) is 0 Å². The molecule has 1 unspecified atom stereocenters. The van der Waals surface area contributed by atoms with Crippen LogP contribution in [0.15, 0.2) is 76.2 Å². The van der Waals surface area contributed by atoms with Crippen LogP contribution in [0.1, 0.15) is 44.2 Å². The van der Waals surface area contributed by atoms with Gasteiger partial charge >= 0.3 is 0 Å². The van der Waals surface area contributed by atoms with Gasteiger partial charge in [0.1, 0.15) is 52.2 Å². The molecule has 0 radical (unpaired) electrons. The van der Waals surface area contributed by atoms with E-state index in [2.05, 4.69) is 34.0 Å². The van der Waals surface area contributed by atoms with Crippen LogP contribution in [-0.4, -0.2) is 29.9 Å². The monoisotopic (exact) mass is 577 g/mol. The van der Waals surface area contributed by atoms with E-state index in [4.69, 9.17) is 15.2 Å². The third-order valence-electron chi connectivity index (χ3n) is 7.69. The Bertz CT molecular complexity index is 2270. The van der Waals surface area contributed by atoms with Gasteiger partial charge < -0.3 is 10.2 Å². The fourth-order valence-corrected chi connectivity index (χ4v) is 5.63. The number of nitrogens with two attached hydrogens (primary N) is 1. The largest absolute Gasteiger partial charge is 0.458 e. The van der Waals surface area contributed by atoms with Crippen LogP contribution >= 0.6 is 0 Å². The van der Waals surface area contributed by atoms with E-state index in [1.807, 2.05) is 18.2 Å². The van der Waals surface area contributed by atoms with Crippen LogP contribution in [-0.2, 0) is 0 Å². The van der Waals surface area contributed by atoms with E-state index in [0.29, 0.717) is 16.7 Å². The van der Waals surface area contributed by atoms with Gasteiger partial charge in [0.2, 0.25) is 5.43 Å². The number of H-pyrrole nitrogens is 1. The van der Waals surface area contributed by atoms with Crippen molar-refractivity contribution in [1.29, 1.82) is 0 Å². The first-order chi connectivity index (χ1) is 20.7. The first-order valence-electron chi connectivity index (χ1n) is 13.7. The summed E-state index contributed by atoms with van der Waals surface area (Å²) in [6.07, 6.45) is 1.33. The van der Waals surface area contributed by atoms with E-state index in [1.54, 1.807) is 17.7 Å². The number of hydrogen-bond donors (Lipinski definition) is 2. The molecule has 0 fully saturated rings. The zero-order valence-electron chi connectivity index (χ0n) is 23.4. The van der Waals surface area contributed by atoms with Gasteiger partial charge in [0.15, 0.2) is 5.65 Å². The molecule has 3 N–H and O–H groups in total. The lowest BCUT2D eigenvalue weighted by Gasteiger charge is -2.17. The molecule has 11 heteroatoms. The Morgan fingerprint density at radius 1 is 0.953 bits per heavy atom. The highest BCUT2D eigenvalue weighted by atomic mass is 19.1. The predicted molar refractivity (Wildman–Crippen MR) is 161 cm³/mol. The van der Waals surface area contributed by atoms with Crippen LogP contribution in [0.25, 0.3) is 55.3 Å². The maximum Gasteiger partial charge on any atom is 0.203 e. The van der Waals surface area contributed by atoms with Gasteiger partial charge in [-0.3, -0.25) is 9.89 Å². The number of aromatic nitrogens is 6. The van der Waals surface area contributed by atoms with Crippen molar-refractivity contribution in [2.45, 2.75) is 32.7 Å². The summed E-state index contributed by atoms with van der Waals surface area (Å²) in [6, 6.07) is 14.8. The second-order valence-corrected chi connectivity index (χ2v) is 10.7. The molecule has 0 aliphatic rings. The van der Waals surface area contributed by atoms with Gasteiger partial charge in [-0.15, -0.1) is 0 Å². The molecular weight excluding hydrogens is 552 g/mol. The van der Waals surface area contributed by atoms with E-state index >= 15 is 0 Å². The number of nitrogen functional groups attached to an aromatic ring is 1. The molecule has 7 aromatic rings. The summed E-state index contributed by atoms with van der Waals surface area (Å²) in [5.74, 6) is -0.663. The van der Waals surface area contributed by atoms with Gasteiger partial charge in [-0.25, -0.2) is 23.4 Å². The van der Waals surface area contributed by atoms with Crippen molar-refractivity contribution in [3.8, 4) is 22.4 Å². The predicted octanol–water partition coefficient (Wildman–Crippen LogP) is 6.74. The van der Waals surface area contributed by atoms with Crippen molar-refractivity contribution >= 4 is 38.7 Å². The summed E-state index contributed by atoms with van der Waals surface area (Å²) in [5, 5.41) is 13.8. The van der Waals surface area contributed by atoms with Crippen LogP contribution < -0.4 is 11.2 Å². The molecule has 9 nitrogen and oxygen atoms in total. The summed E-state index contributed by atoms with van der Waals surface area (Å²) in [4.78, 5) is 22.5. The maximum absolute atomic E-state index is 14.9. The molecule has 4 aromatic heterocycles. The number of rotatable bonds is 5. The molecule has 0 spiro atoms. The molecule has 0 amide bonds. The smallest absolute Gasteiger partial charge is 0.203 e. The zero-order valence-corrected chi connectivity index (χ0v) is 23.4. The lowest BCUT2D eigenvalue weighted by Crippen LogP contribution is -2.17. The summed E-state index contributed by atoms with van der Waals surface area (Å²) < 4.78 is 37.1. The summed E-state index contributed by atoms with van der Waals surface area (Å²) >= 11 is 0. The number of nitrogens with one attached hydrogen (secondary N) is 1. The van der Waals surface area contributed by atoms with Crippen molar-refractivity contribution in [3.63, 3.8) is 0 Å². The number of halogens is 2. The zero-order chi connectivity index (χ0) is 30.0. The lowest BCUT2D eigenvalue weighted by atomic mass is 9.99. The Morgan fingerprint density at radius 3 is 2.56 bits per heavy atom. The summed E-state index contributed by atoms with van der Waals surface area (Å²) in [5.41, 5.74) is 9.54. The SMILES string of the molecule is CC(C)c1n[nH]c2cc(-c3nn(C(C)c4oc5cccc(F)c5c(=O)c4-c4cccc(F)c4)c4ncnc(N)c34)ccc12. The van der Waals surface area contributed by atoms with Gasteiger partial charge in [-0.2, -0.15) is 10.2 Å². The average Bonchev–Trinajstić information content (AvgIpc) is 3.59. The van der Waals surface area contributed by atoms with E-state index in [9.17, 15) is 13.6 Å².